The standard InChI is InChI=1S/C11H22N2O2/c1-11(2,12)6-10(14)13-7-9-4-3-5-15-8-9/h9H,3-8,12H2,1-2H3,(H,13,14). The molecule has 0 bridgehead atoms. The van der Waals surface area contributed by atoms with Gasteiger partial charge >= 0.3 is 0 Å². The molecule has 0 radical (unpaired) electrons. The van der Waals surface area contributed by atoms with Gasteiger partial charge in [-0.3, -0.25) is 4.79 Å². The van der Waals surface area contributed by atoms with Crippen LogP contribution in [0, 0.1) is 5.92 Å². The van der Waals surface area contributed by atoms with E-state index in [-0.39, 0.29) is 5.91 Å². The normalized spacial score (nSPS) is 22.5. The van der Waals surface area contributed by atoms with Gasteiger partial charge in [-0.05, 0) is 32.6 Å². The predicted molar refractivity (Wildman–Crippen MR) is 59.4 cm³/mol. The summed E-state index contributed by atoms with van der Waals surface area (Å²) in [5, 5.41) is 2.91. The average Bonchev–Trinajstić information content (AvgIpc) is 2.14. The molecule has 1 amide bonds. The van der Waals surface area contributed by atoms with Crippen LogP contribution >= 0.6 is 0 Å². The quantitative estimate of drug-likeness (QED) is 0.722. The number of hydrogen-bond acceptors (Lipinski definition) is 3. The number of nitrogens with two attached hydrogens (primary N) is 1. The summed E-state index contributed by atoms with van der Waals surface area (Å²) in [6.07, 6.45) is 2.62. The number of nitrogens with one attached hydrogen (secondary N) is 1. The van der Waals surface area contributed by atoms with Gasteiger partial charge in [-0.1, -0.05) is 0 Å². The molecule has 1 rings (SSSR count). The first-order chi connectivity index (χ1) is 6.97. The van der Waals surface area contributed by atoms with Crippen molar-refractivity contribution in [2.24, 2.45) is 11.7 Å². The molecule has 0 aliphatic carbocycles. The molecule has 0 spiro atoms. The zero-order valence-corrected chi connectivity index (χ0v) is 9.71. The van der Waals surface area contributed by atoms with Gasteiger partial charge in [-0.25, -0.2) is 0 Å². The molecule has 0 aromatic rings. The van der Waals surface area contributed by atoms with E-state index < -0.39 is 5.54 Å². The molecule has 1 aliphatic heterocycles. The molecule has 1 fully saturated rings. The van der Waals surface area contributed by atoms with Crippen LogP contribution in [0.4, 0.5) is 0 Å². The largest absolute Gasteiger partial charge is 0.381 e. The van der Waals surface area contributed by atoms with E-state index in [2.05, 4.69) is 5.32 Å². The van der Waals surface area contributed by atoms with Crippen molar-refractivity contribution in [3.63, 3.8) is 0 Å². The van der Waals surface area contributed by atoms with E-state index in [0.717, 1.165) is 32.6 Å². The van der Waals surface area contributed by atoms with Crippen LogP contribution in [0.2, 0.25) is 0 Å². The summed E-state index contributed by atoms with van der Waals surface area (Å²) >= 11 is 0. The van der Waals surface area contributed by atoms with Gasteiger partial charge in [0.05, 0.1) is 6.61 Å². The van der Waals surface area contributed by atoms with Gasteiger partial charge in [0.1, 0.15) is 0 Å². The van der Waals surface area contributed by atoms with Crippen LogP contribution in [-0.4, -0.2) is 31.2 Å². The highest BCUT2D eigenvalue weighted by Gasteiger charge is 2.18. The molecule has 15 heavy (non-hydrogen) atoms. The van der Waals surface area contributed by atoms with E-state index in [4.69, 9.17) is 10.5 Å². The van der Waals surface area contributed by atoms with Gasteiger partial charge in [0.2, 0.25) is 5.91 Å². The Morgan fingerprint density at radius 1 is 1.60 bits per heavy atom. The third kappa shape index (κ3) is 5.74. The second kappa shape index (κ2) is 5.47. The number of carbonyl (C=O) groups is 1. The topological polar surface area (TPSA) is 64.4 Å². The van der Waals surface area contributed by atoms with E-state index in [1.54, 1.807) is 0 Å². The van der Waals surface area contributed by atoms with Gasteiger partial charge in [0, 0.05) is 25.1 Å². The highest BCUT2D eigenvalue weighted by atomic mass is 16.5. The molecule has 4 nitrogen and oxygen atoms in total. The smallest absolute Gasteiger partial charge is 0.221 e. The van der Waals surface area contributed by atoms with Gasteiger partial charge in [0.15, 0.2) is 0 Å². The van der Waals surface area contributed by atoms with Crippen molar-refractivity contribution in [3.05, 3.63) is 0 Å². The number of hydrogen-bond donors (Lipinski definition) is 2. The van der Waals surface area contributed by atoms with Crippen molar-refractivity contribution in [2.75, 3.05) is 19.8 Å². The first-order valence-corrected chi connectivity index (χ1v) is 5.61. The van der Waals surface area contributed by atoms with Crippen molar-refractivity contribution < 1.29 is 9.53 Å². The van der Waals surface area contributed by atoms with Crippen LogP contribution in [0.25, 0.3) is 0 Å². The molecule has 1 aliphatic rings. The van der Waals surface area contributed by atoms with Crippen molar-refractivity contribution >= 4 is 5.91 Å². The molecule has 88 valence electrons. The lowest BCUT2D eigenvalue weighted by atomic mass is 10.0. The molecule has 0 aromatic carbocycles. The SMILES string of the molecule is CC(C)(N)CC(=O)NCC1CCCOC1. The van der Waals surface area contributed by atoms with Crippen LogP contribution in [-0.2, 0) is 9.53 Å². The number of amides is 1. The predicted octanol–water partition coefficient (Wildman–Crippen LogP) is 0.657. The number of ether oxygens (including phenoxy) is 1. The molecule has 1 heterocycles. The van der Waals surface area contributed by atoms with Crippen LogP contribution in [0.15, 0.2) is 0 Å². The summed E-state index contributed by atoms with van der Waals surface area (Å²) in [6.45, 7) is 6.06. The van der Waals surface area contributed by atoms with Crippen LogP contribution in [0.5, 0.6) is 0 Å². The fourth-order valence-corrected chi connectivity index (χ4v) is 1.70. The summed E-state index contributed by atoms with van der Waals surface area (Å²) < 4.78 is 5.34. The first kappa shape index (κ1) is 12.5. The lowest BCUT2D eigenvalue weighted by molar-refractivity contribution is -0.122. The monoisotopic (exact) mass is 214 g/mol. The maximum absolute atomic E-state index is 11.5. The van der Waals surface area contributed by atoms with Crippen molar-refractivity contribution in [2.45, 2.75) is 38.6 Å². The first-order valence-electron chi connectivity index (χ1n) is 5.61. The summed E-state index contributed by atoms with van der Waals surface area (Å²) in [5.74, 6) is 0.511. The molecule has 1 atom stereocenters. The summed E-state index contributed by atoms with van der Waals surface area (Å²) in [4.78, 5) is 11.5. The van der Waals surface area contributed by atoms with Crippen LogP contribution in [0.1, 0.15) is 33.1 Å². The number of carbonyl (C=O) groups excluding carboxylic acids is 1. The molecule has 0 aromatic heterocycles. The Bertz CT molecular complexity index is 205. The highest BCUT2D eigenvalue weighted by Crippen LogP contribution is 2.12. The van der Waals surface area contributed by atoms with Gasteiger partial charge in [-0.15, -0.1) is 0 Å². The third-order valence-electron chi connectivity index (χ3n) is 2.46. The van der Waals surface area contributed by atoms with Crippen molar-refractivity contribution in [3.8, 4) is 0 Å². The fourth-order valence-electron chi connectivity index (χ4n) is 1.70. The molecule has 0 saturated carbocycles. The minimum Gasteiger partial charge on any atom is -0.381 e. The fraction of sp³-hybridized carbons (Fsp3) is 0.909. The van der Waals surface area contributed by atoms with Crippen molar-refractivity contribution in [1.82, 2.24) is 5.32 Å². The van der Waals surface area contributed by atoms with Gasteiger partial charge in [-0.2, -0.15) is 0 Å². The second-order valence-electron chi connectivity index (χ2n) is 5.05. The Hall–Kier alpha value is -0.610. The van der Waals surface area contributed by atoms with Crippen LogP contribution < -0.4 is 11.1 Å². The van der Waals surface area contributed by atoms with E-state index in [0.29, 0.717) is 12.3 Å². The minimum atomic E-state index is -0.423. The lowest BCUT2D eigenvalue weighted by Crippen LogP contribution is -2.41. The Morgan fingerprint density at radius 2 is 2.33 bits per heavy atom. The average molecular weight is 214 g/mol. The molecule has 3 N–H and O–H groups in total. The highest BCUT2D eigenvalue weighted by molar-refractivity contribution is 5.77. The van der Waals surface area contributed by atoms with Crippen molar-refractivity contribution in [1.29, 1.82) is 0 Å². The summed E-state index contributed by atoms with van der Waals surface area (Å²) in [7, 11) is 0. The molecular weight excluding hydrogens is 192 g/mol. The van der Waals surface area contributed by atoms with E-state index in [1.807, 2.05) is 13.8 Å². The molecule has 1 saturated heterocycles. The van der Waals surface area contributed by atoms with Crippen LogP contribution in [0.3, 0.4) is 0 Å². The molecule has 1 unspecified atom stereocenters. The summed E-state index contributed by atoms with van der Waals surface area (Å²) in [5.41, 5.74) is 5.34. The van der Waals surface area contributed by atoms with Gasteiger partial charge in [0.25, 0.3) is 0 Å². The Labute approximate surface area is 91.5 Å². The lowest BCUT2D eigenvalue weighted by Gasteiger charge is -2.23. The molecule has 4 heteroatoms. The Morgan fingerprint density at radius 3 is 2.87 bits per heavy atom. The maximum atomic E-state index is 11.5. The Kier molecular flexibility index (Phi) is 4.54. The zero-order valence-electron chi connectivity index (χ0n) is 9.71. The second-order valence-corrected chi connectivity index (χ2v) is 5.05. The number of rotatable bonds is 4. The Balaban J connectivity index is 2.15. The third-order valence-corrected chi connectivity index (χ3v) is 2.46. The summed E-state index contributed by atoms with van der Waals surface area (Å²) in [6, 6.07) is 0. The van der Waals surface area contributed by atoms with E-state index in [9.17, 15) is 4.79 Å². The van der Waals surface area contributed by atoms with E-state index >= 15 is 0 Å². The van der Waals surface area contributed by atoms with E-state index in [1.165, 1.54) is 0 Å². The molecular formula is C11H22N2O2. The minimum absolute atomic E-state index is 0.0353. The maximum Gasteiger partial charge on any atom is 0.221 e. The van der Waals surface area contributed by atoms with Gasteiger partial charge < -0.3 is 15.8 Å². The zero-order chi connectivity index (χ0) is 11.3.